The van der Waals surface area contributed by atoms with E-state index in [-0.39, 0.29) is 0 Å². The van der Waals surface area contributed by atoms with Gasteiger partial charge in [-0.3, -0.25) is 4.79 Å². The van der Waals surface area contributed by atoms with E-state index >= 15 is 0 Å². The van der Waals surface area contributed by atoms with Gasteiger partial charge in [0, 0.05) is 11.5 Å². The molecule has 0 bridgehead atoms. The molecule has 0 aliphatic rings. The molecule has 3 nitrogen and oxygen atoms in total. The van der Waals surface area contributed by atoms with Gasteiger partial charge in [-0.15, -0.1) is 0 Å². The van der Waals surface area contributed by atoms with Crippen LogP contribution in [0.5, 0.6) is 0 Å². The SMILES string of the molecule is CCSSC[C@H](N)C(=O)O. The second-order valence-corrected chi connectivity index (χ2v) is 4.43. The molecule has 0 amide bonds. The highest BCUT2D eigenvalue weighted by atomic mass is 33.1. The molecule has 3 N–H and O–H groups in total. The molecule has 0 fully saturated rings. The van der Waals surface area contributed by atoms with Crippen molar-refractivity contribution in [3.05, 3.63) is 0 Å². The first-order chi connectivity index (χ1) is 4.68. The number of carbonyl (C=O) groups is 1. The summed E-state index contributed by atoms with van der Waals surface area (Å²) in [7, 11) is 3.13. The molecule has 0 heterocycles. The van der Waals surface area contributed by atoms with E-state index < -0.39 is 12.0 Å². The number of aliphatic carboxylic acids is 1. The Labute approximate surface area is 68.1 Å². The molecule has 0 saturated heterocycles. The van der Waals surface area contributed by atoms with Crippen molar-refractivity contribution in [3.63, 3.8) is 0 Å². The van der Waals surface area contributed by atoms with Crippen molar-refractivity contribution in [2.75, 3.05) is 11.5 Å². The minimum atomic E-state index is -0.927. The molecule has 0 unspecified atom stereocenters. The van der Waals surface area contributed by atoms with Crippen LogP contribution in [-0.2, 0) is 4.79 Å². The van der Waals surface area contributed by atoms with E-state index in [1.54, 1.807) is 10.8 Å². The number of nitrogens with two attached hydrogens (primary N) is 1. The fraction of sp³-hybridized carbons (Fsp3) is 0.800. The van der Waals surface area contributed by atoms with Crippen molar-refractivity contribution in [3.8, 4) is 0 Å². The largest absolute Gasteiger partial charge is 0.480 e. The van der Waals surface area contributed by atoms with Crippen LogP contribution < -0.4 is 5.73 Å². The second kappa shape index (κ2) is 5.88. The number of carboxylic acid groups (broad SMARTS) is 1. The van der Waals surface area contributed by atoms with Crippen molar-refractivity contribution in [2.45, 2.75) is 13.0 Å². The molecule has 0 aliphatic carbocycles. The van der Waals surface area contributed by atoms with E-state index in [1.807, 2.05) is 6.92 Å². The van der Waals surface area contributed by atoms with Gasteiger partial charge in [-0.05, 0) is 0 Å². The van der Waals surface area contributed by atoms with E-state index in [0.29, 0.717) is 5.75 Å². The highest BCUT2D eigenvalue weighted by Gasteiger charge is 2.10. The molecule has 0 rings (SSSR count). The molecular formula is C5H11NO2S2. The lowest BCUT2D eigenvalue weighted by Gasteiger charge is -2.02. The van der Waals surface area contributed by atoms with Crippen LogP contribution in [0.2, 0.25) is 0 Å². The Hall–Kier alpha value is 0.130. The van der Waals surface area contributed by atoms with Gasteiger partial charge in [0.2, 0.25) is 0 Å². The molecule has 1 atom stereocenters. The minimum absolute atomic E-state index is 0.480. The summed E-state index contributed by atoms with van der Waals surface area (Å²) >= 11 is 0. The Kier molecular flexibility index (Phi) is 5.96. The highest BCUT2D eigenvalue weighted by molar-refractivity contribution is 8.76. The van der Waals surface area contributed by atoms with Gasteiger partial charge in [0.15, 0.2) is 0 Å². The number of rotatable bonds is 5. The van der Waals surface area contributed by atoms with Crippen LogP contribution >= 0.6 is 21.6 Å². The predicted octanol–water partition coefficient (Wildman–Crippen LogP) is 0.800. The normalized spacial score (nSPS) is 13.0. The van der Waals surface area contributed by atoms with Crippen LogP contribution in [0.3, 0.4) is 0 Å². The highest BCUT2D eigenvalue weighted by Crippen LogP contribution is 2.20. The lowest BCUT2D eigenvalue weighted by atomic mass is 10.4. The third-order valence-corrected chi connectivity index (χ3v) is 3.28. The number of hydrogen-bond acceptors (Lipinski definition) is 4. The Morgan fingerprint density at radius 1 is 1.70 bits per heavy atom. The maximum Gasteiger partial charge on any atom is 0.321 e. The van der Waals surface area contributed by atoms with Crippen molar-refractivity contribution in [1.82, 2.24) is 0 Å². The zero-order valence-electron chi connectivity index (χ0n) is 5.74. The van der Waals surface area contributed by atoms with Gasteiger partial charge in [-0.1, -0.05) is 28.5 Å². The van der Waals surface area contributed by atoms with Gasteiger partial charge in [-0.2, -0.15) is 0 Å². The maximum atomic E-state index is 10.1. The smallest absolute Gasteiger partial charge is 0.321 e. The molecule has 0 saturated carbocycles. The van der Waals surface area contributed by atoms with Crippen molar-refractivity contribution < 1.29 is 9.90 Å². The van der Waals surface area contributed by atoms with Crippen molar-refractivity contribution in [1.29, 1.82) is 0 Å². The van der Waals surface area contributed by atoms with Gasteiger partial charge in [0.25, 0.3) is 0 Å². The van der Waals surface area contributed by atoms with Crippen LogP contribution in [0, 0.1) is 0 Å². The molecule has 0 spiro atoms. The summed E-state index contributed by atoms with van der Waals surface area (Å²) in [6.07, 6.45) is 0. The van der Waals surface area contributed by atoms with E-state index in [2.05, 4.69) is 0 Å². The van der Waals surface area contributed by atoms with E-state index in [0.717, 1.165) is 5.75 Å². The van der Waals surface area contributed by atoms with Crippen LogP contribution in [-0.4, -0.2) is 28.6 Å². The summed E-state index contributed by atoms with van der Waals surface area (Å²) < 4.78 is 0. The molecule has 0 aromatic carbocycles. The lowest BCUT2D eigenvalue weighted by molar-refractivity contribution is -0.137. The van der Waals surface area contributed by atoms with Gasteiger partial charge in [-0.25, -0.2) is 0 Å². The molecule has 60 valence electrons. The number of hydrogen-bond donors (Lipinski definition) is 2. The molecule has 0 aromatic heterocycles. The third-order valence-electron chi connectivity index (χ3n) is 0.766. The standard InChI is InChI=1S/C5H11NO2S2/c1-2-9-10-3-4(6)5(7)8/h4H,2-3,6H2,1H3,(H,7,8)/t4-/m0/s1. The third kappa shape index (κ3) is 4.96. The summed E-state index contributed by atoms with van der Waals surface area (Å²) in [4.78, 5) is 10.1. The van der Waals surface area contributed by atoms with E-state index in [9.17, 15) is 4.79 Å². The van der Waals surface area contributed by atoms with Gasteiger partial charge < -0.3 is 10.8 Å². The zero-order valence-corrected chi connectivity index (χ0v) is 7.37. The average molecular weight is 181 g/mol. The summed E-state index contributed by atoms with van der Waals surface area (Å²) in [5, 5.41) is 8.33. The van der Waals surface area contributed by atoms with Crippen molar-refractivity contribution >= 4 is 27.6 Å². The Morgan fingerprint density at radius 3 is 2.70 bits per heavy atom. The zero-order chi connectivity index (χ0) is 7.98. The first-order valence-electron chi connectivity index (χ1n) is 2.91. The molecule has 0 radical (unpaired) electrons. The quantitative estimate of drug-likeness (QED) is 0.485. The first kappa shape index (κ1) is 10.1. The number of carboxylic acids is 1. The molecule has 10 heavy (non-hydrogen) atoms. The summed E-state index contributed by atoms with van der Waals surface area (Å²) in [5.74, 6) is 0.536. The first-order valence-corrected chi connectivity index (χ1v) is 5.40. The van der Waals surface area contributed by atoms with Crippen molar-refractivity contribution in [2.24, 2.45) is 5.73 Å². The maximum absolute atomic E-state index is 10.1. The summed E-state index contributed by atoms with van der Waals surface area (Å²) in [6, 6.07) is -0.718. The van der Waals surface area contributed by atoms with Crippen LogP contribution in [0.25, 0.3) is 0 Å². The molecule has 0 aliphatic heterocycles. The second-order valence-electron chi connectivity index (χ2n) is 1.64. The molecular weight excluding hydrogens is 170 g/mol. The lowest BCUT2D eigenvalue weighted by Crippen LogP contribution is -2.32. The fourth-order valence-electron chi connectivity index (χ4n) is 0.276. The van der Waals surface area contributed by atoms with Crippen LogP contribution in [0.1, 0.15) is 6.92 Å². The van der Waals surface area contributed by atoms with Crippen LogP contribution in [0.4, 0.5) is 0 Å². The summed E-state index contributed by atoms with van der Waals surface area (Å²) in [5.41, 5.74) is 5.22. The Bertz CT molecular complexity index is 110. The van der Waals surface area contributed by atoms with Gasteiger partial charge in [0.1, 0.15) is 6.04 Å². The van der Waals surface area contributed by atoms with Gasteiger partial charge >= 0.3 is 5.97 Å². The monoisotopic (exact) mass is 181 g/mol. The molecule has 0 aromatic rings. The average Bonchev–Trinajstić information content (AvgIpc) is 1.88. The fourth-order valence-corrected chi connectivity index (χ4v) is 2.06. The molecule has 5 heteroatoms. The van der Waals surface area contributed by atoms with Gasteiger partial charge in [0.05, 0.1) is 0 Å². The van der Waals surface area contributed by atoms with E-state index in [1.165, 1.54) is 10.8 Å². The Morgan fingerprint density at radius 2 is 2.30 bits per heavy atom. The Balaban J connectivity index is 3.21. The summed E-state index contributed by atoms with van der Waals surface area (Å²) in [6.45, 7) is 2.02. The topological polar surface area (TPSA) is 63.3 Å². The predicted molar refractivity (Wildman–Crippen MR) is 46.2 cm³/mol. The minimum Gasteiger partial charge on any atom is -0.480 e. The van der Waals surface area contributed by atoms with Crippen LogP contribution in [0.15, 0.2) is 0 Å². The van der Waals surface area contributed by atoms with E-state index in [4.69, 9.17) is 10.8 Å².